The first-order chi connectivity index (χ1) is 12.1. The Morgan fingerprint density at radius 1 is 1.32 bits per heavy atom. The molecule has 2 bridgehead atoms. The summed E-state index contributed by atoms with van der Waals surface area (Å²) in [6, 6.07) is 4.64. The fraction of sp³-hybridized carbons (Fsp3) is 0.632. The Labute approximate surface area is 148 Å². The Hall–Kier alpha value is -2.11. The van der Waals surface area contributed by atoms with Gasteiger partial charge in [-0.15, -0.1) is 0 Å². The smallest absolute Gasteiger partial charge is 0.227 e. The van der Waals surface area contributed by atoms with Crippen LogP contribution in [-0.2, 0) is 0 Å². The minimum Gasteiger partial charge on any atom is -0.337 e. The first kappa shape index (κ1) is 15.2. The van der Waals surface area contributed by atoms with Gasteiger partial charge in [0.25, 0.3) is 0 Å². The molecule has 4 fully saturated rings. The third-order valence-electron chi connectivity index (χ3n) is 5.90. The van der Waals surface area contributed by atoms with E-state index in [-0.39, 0.29) is 0 Å². The lowest BCUT2D eigenvalue weighted by Gasteiger charge is -2.38. The van der Waals surface area contributed by atoms with Gasteiger partial charge in [0.05, 0.1) is 0 Å². The zero-order chi connectivity index (χ0) is 17.0. The zero-order valence-corrected chi connectivity index (χ0v) is 15.0. The second-order valence-corrected chi connectivity index (χ2v) is 8.64. The van der Waals surface area contributed by atoms with E-state index < -0.39 is 0 Å². The summed E-state index contributed by atoms with van der Waals surface area (Å²) in [5.74, 6) is 3.96. The van der Waals surface area contributed by atoms with E-state index in [0.717, 1.165) is 30.0 Å². The van der Waals surface area contributed by atoms with Crippen LogP contribution in [0.4, 0.5) is 17.6 Å². The highest BCUT2D eigenvalue weighted by molar-refractivity contribution is 5.54. The predicted molar refractivity (Wildman–Crippen MR) is 98.1 cm³/mol. The van der Waals surface area contributed by atoms with Gasteiger partial charge in [0.2, 0.25) is 5.95 Å². The highest BCUT2D eigenvalue weighted by atomic mass is 15.3. The van der Waals surface area contributed by atoms with Crippen molar-refractivity contribution in [2.24, 2.45) is 11.3 Å². The number of anilines is 3. The fourth-order valence-corrected chi connectivity index (χ4v) is 4.80. The molecule has 132 valence electrons. The molecule has 2 aromatic rings. The number of hydrogen-bond acceptors (Lipinski definition) is 5. The van der Waals surface area contributed by atoms with Crippen LogP contribution in [0.15, 0.2) is 18.3 Å². The standard InChI is InChI=1S/C19H26N6/c1-12(2)8-19-9-14(10-19)25(11-19)18-20-6-5-16(22-18)21-17-7-15(23-24-17)13-3-4-13/h5-7,12-14H,3-4,8-11H2,1-2H3,(H2,20,21,22,23,24). The number of H-pyrrole nitrogens is 1. The van der Waals surface area contributed by atoms with Gasteiger partial charge in [0.15, 0.2) is 5.82 Å². The van der Waals surface area contributed by atoms with Crippen LogP contribution < -0.4 is 10.2 Å². The van der Waals surface area contributed by atoms with Crippen molar-refractivity contribution < 1.29 is 0 Å². The molecule has 0 spiro atoms. The molecule has 2 aliphatic heterocycles. The summed E-state index contributed by atoms with van der Waals surface area (Å²) < 4.78 is 0. The molecule has 6 nitrogen and oxygen atoms in total. The number of nitrogens with one attached hydrogen (secondary N) is 2. The van der Waals surface area contributed by atoms with Crippen LogP contribution in [0.1, 0.15) is 57.6 Å². The summed E-state index contributed by atoms with van der Waals surface area (Å²) in [5.41, 5.74) is 1.74. The van der Waals surface area contributed by atoms with Crippen molar-refractivity contribution in [3.8, 4) is 0 Å². The highest BCUT2D eigenvalue weighted by Crippen LogP contribution is 2.55. The summed E-state index contributed by atoms with van der Waals surface area (Å²) in [6.45, 7) is 5.75. The van der Waals surface area contributed by atoms with Crippen molar-refractivity contribution in [2.75, 3.05) is 16.8 Å². The molecule has 0 unspecified atom stereocenters. The van der Waals surface area contributed by atoms with E-state index in [1.54, 1.807) is 0 Å². The molecule has 0 atom stereocenters. The summed E-state index contributed by atoms with van der Waals surface area (Å²) >= 11 is 0. The maximum atomic E-state index is 4.76. The molecule has 2 N–H and O–H groups in total. The third kappa shape index (κ3) is 2.77. The molecule has 6 rings (SSSR count). The van der Waals surface area contributed by atoms with E-state index in [1.165, 1.54) is 37.8 Å². The van der Waals surface area contributed by atoms with Crippen LogP contribution in [0.25, 0.3) is 0 Å². The summed E-state index contributed by atoms with van der Waals surface area (Å²) in [4.78, 5) is 11.7. The Kier molecular flexibility index (Phi) is 3.30. The van der Waals surface area contributed by atoms with Crippen molar-refractivity contribution in [2.45, 2.75) is 57.9 Å². The first-order valence-corrected chi connectivity index (χ1v) is 9.52. The van der Waals surface area contributed by atoms with E-state index in [4.69, 9.17) is 4.98 Å². The van der Waals surface area contributed by atoms with Gasteiger partial charge in [0, 0.05) is 36.5 Å². The van der Waals surface area contributed by atoms with E-state index in [0.29, 0.717) is 17.4 Å². The number of rotatable bonds is 6. The number of hydrogen-bond donors (Lipinski definition) is 2. The molecular formula is C19H26N6. The van der Waals surface area contributed by atoms with Gasteiger partial charge < -0.3 is 10.2 Å². The van der Waals surface area contributed by atoms with Gasteiger partial charge in [-0.25, -0.2) is 4.98 Å². The van der Waals surface area contributed by atoms with E-state index in [1.807, 2.05) is 12.3 Å². The molecule has 2 saturated heterocycles. The molecule has 4 heterocycles. The predicted octanol–water partition coefficient (Wildman–Crippen LogP) is 3.84. The Morgan fingerprint density at radius 3 is 2.92 bits per heavy atom. The van der Waals surface area contributed by atoms with Crippen LogP contribution in [0.5, 0.6) is 0 Å². The van der Waals surface area contributed by atoms with Gasteiger partial charge in [0.1, 0.15) is 5.82 Å². The van der Waals surface area contributed by atoms with Gasteiger partial charge in [-0.1, -0.05) is 13.8 Å². The largest absolute Gasteiger partial charge is 0.337 e. The summed E-state index contributed by atoms with van der Waals surface area (Å²) in [6.07, 6.45) is 8.31. The summed E-state index contributed by atoms with van der Waals surface area (Å²) in [7, 11) is 0. The topological polar surface area (TPSA) is 69.7 Å². The minimum atomic E-state index is 0.507. The lowest BCUT2D eigenvalue weighted by atomic mass is 9.66. The Bertz CT molecular complexity index is 772. The number of fused-ring (bicyclic) bond motifs is 1. The second kappa shape index (κ2) is 5.44. The van der Waals surface area contributed by atoms with Crippen molar-refractivity contribution in [1.29, 1.82) is 0 Å². The Balaban J connectivity index is 1.30. The monoisotopic (exact) mass is 338 g/mol. The Morgan fingerprint density at radius 2 is 2.16 bits per heavy atom. The summed E-state index contributed by atoms with van der Waals surface area (Å²) in [5, 5.41) is 10.8. The van der Waals surface area contributed by atoms with Gasteiger partial charge in [-0.05, 0) is 49.5 Å². The number of aromatic amines is 1. The van der Waals surface area contributed by atoms with Crippen LogP contribution in [0.3, 0.4) is 0 Å². The molecule has 0 radical (unpaired) electrons. The molecule has 2 aromatic heterocycles. The molecule has 4 aliphatic rings. The normalized spacial score (nSPS) is 27.6. The van der Waals surface area contributed by atoms with Crippen molar-refractivity contribution in [1.82, 2.24) is 20.2 Å². The van der Waals surface area contributed by atoms with E-state index >= 15 is 0 Å². The highest BCUT2D eigenvalue weighted by Gasteiger charge is 2.55. The molecule has 0 amide bonds. The molecule has 0 aromatic carbocycles. The third-order valence-corrected chi connectivity index (χ3v) is 5.90. The average Bonchev–Trinajstić information content (AvgIpc) is 3.04. The van der Waals surface area contributed by atoms with Crippen molar-refractivity contribution >= 4 is 17.6 Å². The fourth-order valence-electron chi connectivity index (χ4n) is 4.80. The lowest BCUT2D eigenvalue weighted by molar-refractivity contribution is 0.158. The van der Waals surface area contributed by atoms with Gasteiger partial charge in [-0.3, -0.25) is 5.10 Å². The molecular weight excluding hydrogens is 312 g/mol. The molecule has 2 aliphatic carbocycles. The van der Waals surface area contributed by atoms with E-state index in [2.05, 4.69) is 45.3 Å². The maximum absolute atomic E-state index is 4.76. The zero-order valence-electron chi connectivity index (χ0n) is 15.0. The quantitative estimate of drug-likeness (QED) is 0.837. The van der Waals surface area contributed by atoms with Crippen molar-refractivity contribution in [3.63, 3.8) is 0 Å². The van der Waals surface area contributed by atoms with Gasteiger partial charge in [-0.2, -0.15) is 10.1 Å². The van der Waals surface area contributed by atoms with Gasteiger partial charge >= 0.3 is 0 Å². The van der Waals surface area contributed by atoms with Crippen molar-refractivity contribution in [3.05, 3.63) is 24.0 Å². The first-order valence-electron chi connectivity index (χ1n) is 9.52. The lowest BCUT2D eigenvalue weighted by Crippen LogP contribution is -2.35. The SMILES string of the molecule is CC(C)CC12CC(C1)N(c1nccc(Nc3cc(C4CC4)[nH]n3)n1)C2. The van der Waals surface area contributed by atoms with Crippen LogP contribution >= 0.6 is 0 Å². The number of nitrogens with zero attached hydrogens (tertiary/aromatic N) is 4. The molecule has 6 heteroatoms. The van der Waals surface area contributed by atoms with Crippen LogP contribution in [0.2, 0.25) is 0 Å². The van der Waals surface area contributed by atoms with Crippen LogP contribution in [0, 0.1) is 11.3 Å². The molecule has 25 heavy (non-hydrogen) atoms. The molecule has 2 saturated carbocycles. The van der Waals surface area contributed by atoms with E-state index in [9.17, 15) is 0 Å². The second-order valence-electron chi connectivity index (χ2n) is 8.64. The van der Waals surface area contributed by atoms with Crippen LogP contribution in [-0.4, -0.2) is 32.8 Å². The minimum absolute atomic E-state index is 0.507. The maximum Gasteiger partial charge on any atom is 0.227 e. The average molecular weight is 338 g/mol. The number of aromatic nitrogens is 4.